The van der Waals surface area contributed by atoms with Crippen LogP contribution in [-0.2, 0) is 6.61 Å². The van der Waals surface area contributed by atoms with Crippen LogP contribution in [-0.4, -0.2) is 0 Å². The van der Waals surface area contributed by atoms with Crippen molar-refractivity contribution in [3.05, 3.63) is 57.3 Å². The summed E-state index contributed by atoms with van der Waals surface area (Å²) in [5.41, 5.74) is 9.30. The lowest BCUT2D eigenvalue weighted by Crippen LogP contribution is -2.00. The Labute approximate surface area is 120 Å². The summed E-state index contributed by atoms with van der Waals surface area (Å²) < 4.78 is 19.7. The third-order valence-corrected chi connectivity index (χ3v) is 3.34. The molecule has 2 nitrogen and oxygen atoms in total. The van der Waals surface area contributed by atoms with Gasteiger partial charge in [0, 0.05) is 10.2 Å². The predicted octanol–water partition coefficient (Wildman–Crippen LogP) is 4.37. The third kappa shape index (κ3) is 3.47. The minimum absolute atomic E-state index is 0.279. The highest BCUT2D eigenvalue weighted by atomic mass is 79.9. The van der Waals surface area contributed by atoms with Gasteiger partial charge in [-0.25, -0.2) is 4.39 Å². The molecule has 2 aromatic carbocycles. The van der Waals surface area contributed by atoms with Gasteiger partial charge in [-0.05, 0) is 60.9 Å². The predicted molar refractivity (Wildman–Crippen MR) is 78.8 cm³/mol. The van der Waals surface area contributed by atoms with E-state index in [1.54, 1.807) is 0 Å². The molecule has 4 heteroatoms. The van der Waals surface area contributed by atoms with Gasteiger partial charge < -0.3 is 10.5 Å². The fraction of sp³-hybridized carbons (Fsp3) is 0.200. The summed E-state index contributed by atoms with van der Waals surface area (Å²) in [6.07, 6.45) is 0. The first kappa shape index (κ1) is 13.9. The quantitative estimate of drug-likeness (QED) is 0.851. The number of hydrogen-bond acceptors (Lipinski definition) is 2. The minimum Gasteiger partial charge on any atom is -0.489 e. The molecule has 0 atom stereocenters. The number of hydrogen-bond donors (Lipinski definition) is 1. The van der Waals surface area contributed by atoms with E-state index in [9.17, 15) is 4.39 Å². The van der Waals surface area contributed by atoms with Gasteiger partial charge in [0.25, 0.3) is 0 Å². The van der Waals surface area contributed by atoms with Crippen molar-refractivity contribution in [3.8, 4) is 5.75 Å². The normalized spacial score (nSPS) is 10.5. The van der Waals surface area contributed by atoms with Crippen molar-refractivity contribution in [2.45, 2.75) is 20.5 Å². The maximum Gasteiger partial charge on any atom is 0.124 e. The minimum atomic E-state index is -0.279. The fourth-order valence-corrected chi connectivity index (χ4v) is 2.34. The van der Waals surface area contributed by atoms with E-state index >= 15 is 0 Å². The van der Waals surface area contributed by atoms with E-state index in [-0.39, 0.29) is 5.82 Å². The number of rotatable bonds is 3. The lowest BCUT2D eigenvalue weighted by Gasteiger charge is -2.12. The average Bonchev–Trinajstić information content (AvgIpc) is 2.31. The third-order valence-electron chi connectivity index (χ3n) is 2.88. The monoisotopic (exact) mass is 323 g/mol. The zero-order chi connectivity index (χ0) is 14.0. The smallest absolute Gasteiger partial charge is 0.124 e. The number of nitrogen functional groups attached to an aromatic ring is 1. The summed E-state index contributed by atoms with van der Waals surface area (Å²) in [7, 11) is 0. The van der Waals surface area contributed by atoms with Gasteiger partial charge in [0.15, 0.2) is 0 Å². The first-order chi connectivity index (χ1) is 8.95. The molecule has 0 saturated carbocycles. The topological polar surface area (TPSA) is 35.2 Å². The lowest BCUT2D eigenvalue weighted by atomic mass is 10.1. The van der Waals surface area contributed by atoms with Crippen LogP contribution in [0.4, 0.5) is 10.1 Å². The van der Waals surface area contributed by atoms with Crippen LogP contribution in [0.25, 0.3) is 0 Å². The van der Waals surface area contributed by atoms with Gasteiger partial charge in [-0.1, -0.05) is 15.9 Å². The molecule has 2 aromatic rings. The number of nitrogens with two attached hydrogens (primary N) is 1. The van der Waals surface area contributed by atoms with Gasteiger partial charge in [-0.15, -0.1) is 0 Å². The number of anilines is 1. The van der Waals surface area contributed by atoms with Crippen molar-refractivity contribution >= 4 is 21.6 Å². The second kappa shape index (κ2) is 5.61. The van der Waals surface area contributed by atoms with Crippen molar-refractivity contribution in [1.29, 1.82) is 0 Å². The van der Waals surface area contributed by atoms with Crippen molar-refractivity contribution in [2.75, 3.05) is 5.73 Å². The Morgan fingerprint density at radius 2 is 1.84 bits per heavy atom. The van der Waals surface area contributed by atoms with Crippen LogP contribution in [0.5, 0.6) is 5.75 Å². The second-order valence-corrected chi connectivity index (χ2v) is 5.46. The van der Waals surface area contributed by atoms with Crippen molar-refractivity contribution < 1.29 is 9.13 Å². The summed E-state index contributed by atoms with van der Waals surface area (Å²) in [5.74, 6) is 0.491. The van der Waals surface area contributed by atoms with Crippen LogP contribution in [0.1, 0.15) is 16.7 Å². The van der Waals surface area contributed by atoms with Gasteiger partial charge in [-0.3, -0.25) is 0 Å². The Hall–Kier alpha value is -1.55. The molecule has 0 aromatic heterocycles. The molecule has 0 aliphatic carbocycles. The summed E-state index contributed by atoms with van der Waals surface area (Å²) >= 11 is 3.26. The maximum absolute atomic E-state index is 13.2. The van der Waals surface area contributed by atoms with Crippen LogP contribution in [0.2, 0.25) is 0 Å². The second-order valence-electron chi connectivity index (χ2n) is 4.54. The van der Waals surface area contributed by atoms with Gasteiger partial charge in [0.2, 0.25) is 0 Å². The van der Waals surface area contributed by atoms with E-state index < -0.39 is 0 Å². The van der Waals surface area contributed by atoms with Crippen LogP contribution < -0.4 is 10.5 Å². The molecule has 0 aliphatic heterocycles. The van der Waals surface area contributed by atoms with E-state index in [0.29, 0.717) is 11.1 Å². The molecule has 19 heavy (non-hydrogen) atoms. The lowest BCUT2D eigenvalue weighted by molar-refractivity contribution is 0.303. The fourth-order valence-electron chi connectivity index (χ4n) is 1.82. The average molecular weight is 324 g/mol. The highest BCUT2D eigenvalue weighted by Gasteiger charge is 2.05. The number of halogens is 2. The number of ether oxygens (including phenoxy) is 1. The Balaban J connectivity index is 2.16. The Kier molecular flexibility index (Phi) is 4.10. The molecule has 0 heterocycles. The number of aryl methyl sites for hydroxylation is 2. The van der Waals surface area contributed by atoms with E-state index in [0.717, 1.165) is 28.1 Å². The van der Waals surface area contributed by atoms with E-state index in [1.807, 2.05) is 32.0 Å². The Morgan fingerprint density at radius 3 is 2.53 bits per heavy atom. The van der Waals surface area contributed by atoms with Crippen molar-refractivity contribution in [3.63, 3.8) is 0 Å². The molecular formula is C15H15BrFNO. The largest absolute Gasteiger partial charge is 0.489 e. The molecular weight excluding hydrogens is 309 g/mol. The number of benzene rings is 2. The molecule has 0 amide bonds. The standard InChI is InChI=1S/C15H15BrFNO/c1-9-4-15(10(2)3-14(9)18)19-8-11-5-12(16)7-13(17)6-11/h3-7H,8,18H2,1-2H3. The molecule has 2 rings (SSSR count). The molecule has 100 valence electrons. The molecule has 0 radical (unpaired) electrons. The first-order valence-corrected chi connectivity index (χ1v) is 6.69. The van der Waals surface area contributed by atoms with Gasteiger partial charge in [0.1, 0.15) is 18.2 Å². The summed E-state index contributed by atoms with van der Waals surface area (Å²) in [5, 5.41) is 0. The van der Waals surface area contributed by atoms with Crippen LogP contribution >= 0.6 is 15.9 Å². The van der Waals surface area contributed by atoms with E-state index in [4.69, 9.17) is 10.5 Å². The van der Waals surface area contributed by atoms with Crippen LogP contribution in [0.15, 0.2) is 34.8 Å². The molecule has 0 saturated heterocycles. The van der Waals surface area contributed by atoms with Gasteiger partial charge >= 0.3 is 0 Å². The molecule has 0 fully saturated rings. The molecule has 0 bridgehead atoms. The Morgan fingerprint density at radius 1 is 1.11 bits per heavy atom. The zero-order valence-corrected chi connectivity index (χ0v) is 12.4. The SMILES string of the molecule is Cc1cc(OCc2cc(F)cc(Br)c2)c(C)cc1N. The van der Waals surface area contributed by atoms with Gasteiger partial charge in [-0.2, -0.15) is 0 Å². The first-order valence-electron chi connectivity index (χ1n) is 5.90. The maximum atomic E-state index is 13.2. The Bertz CT molecular complexity index is 593. The zero-order valence-electron chi connectivity index (χ0n) is 10.8. The van der Waals surface area contributed by atoms with Crippen molar-refractivity contribution in [1.82, 2.24) is 0 Å². The van der Waals surface area contributed by atoms with E-state index in [2.05, 4.69) is 15.9 Å². The summed E-state index contributed by atoms with van der Waals surface area (Å²) in [6.45, 7) is 4.19. The highest BCUT2D eigenvalue weighted by Crippen LogP contribution is 2.25. The van der Waals surface area contributed by atoms with Crippen LogP contribution in [0, 0.1) is 19.7 Å². The summed E-state index contributed by atoms with van der Waals surface area (Å²) in [4.78, 5) is 0. The summed E-state index contributed by atoms with van der Waals surface area (Å²) in [6, 6.07) is 8.50. The highest BCUT2D eigenvalue weighted by molar-refractivity contribution is 9.10. The molecule has 0 spiro atoms. The molecule has 0 aliphatic rings. The van der Waals surface area contributed by atoms with Gasteiger partial charge in [0.05, 0.1) is 0 Å². The molecule has 0 unspecified atom stereocenters. The molecule has 2 N–H and O–H groups in total. The van der Waals surface area contributed by atoms with E-state index in [1.165, 1.54) is 12.1 Å². The van der Waals surface area contributed by atoms with Crippen molar-refractivity contribution in [2.24, 2.45) is 0 Å². The van der Waals surface area contributed by atoms with Crippen LogP contribution in [0.3, 0.4) is 0 Å².